The van der Waals surface area contributed by atoms with Crippen molar-refractivity contribution in [2.24, 2.45) is 0 Å². The maximum absolute atomic E-state index is 10.7. The lowest BCUT2D eigenvalue weighted by molar-refractivity contribution is 0.111. The van der Waals surface area contributed by atoms with Gasteiger partial charge >= 0.3 is 0 Å². The number of likely N-dealkylation sites (tertiary alicyclic amines) is 1. The number of hydrogen-bond donors (Lipinski definition) is 1. The van der Waals surface area contributed by atoms with E-state index in [1.807, 2.05) is 5.38 Å². The molecule has 2 heterocycles. The minimum atomic E-state index is 0.476. The van der Waals surface area contributed by atoms with Gasteiger partial charge in [-0.25, -0.2) is 4.98 Å². The molecule has 6 heteroatoms. The highest BCUT2D eigenvalue weighted by molar-refractivity contribution is 7.80. The molecule has 0 unspecified atom stereocenters. The SMILES string of the molecule is CCCNC(=S)N1CCC(c2nc(C=O)cs2)CC1. The summed E-state index contributed by atoms with van der Waals surface area (Å²) in [5.41, 5.74) is 0.558. The zero-order chi connectivity index (χ0) is 13.7. The van der Waals surface area contributed by atoms with Gasteiger partial charge in [0.15, 0.2) is 11.4 Å². The Morgan fingerprint density at radius 3 is 2.95 bits per heavy atom. The molecular formula is C13H19N3OS2. The Kier molecular flexibility index (Phi) is 5.27. The molecule has 19 heavy (non-hydrogen) atoms. The molecule has 0 aromatic carbocycles. The second-order valence-electron chi connectivity index (χ2n) is 4.72. The first-order valence-electron chi connectivity index (χ1n) is 6.68. The zero-order valence-corrected chi connectivity index (χ0v) is 12.7. The average Bonchev–Trinajstić information content (AvgIpc) is 2.94. The fraction of sp³-hybridized carbons (Fsp3) is 0.615. The first kappa shape index (κ1) is 14.4. The maximum atomic E-state index is 10.7. The van der Waals surface area contributed by atoms with Gasteiger partial charge in [0.2, 0.25) is 0 Å². The van der Waals surface area contributed by atoms with Gasteiger partial charge in [0.1, 0.15) is 5.69 Å². The van der Waals surface area contributed by atoms with Crippen LogP contribution in [0.2, 0.25) is 0 Å². The largest absolute Gasteiger partial charge is 0.363 e. The zero-order valence-electron chi connectivity index (χ0n) is 11.1. The topological polar surface area (TPSA) is 45.2 Å². The number of aromatic nitrogens is 1. The summed E-state index contributed by atoms with van der Waals surface area (Å²) in [6.07, 6.45) is 4.02. The van der Waals surface area contributed by atoms with Gasteiger partial charge in [-0.15, -0.1) is 11.3 Å². The predicted molar refractivity (Wildman–Crippen MR) is 81.9 cm³/mol. The van der Waals surface area contributed by atoms with E-state index in [4.69, 9.17) is 12.2 Å². The molecular weight excluding hydrogens is 278 g/mol. The van der Waals surface area contributed by atoms with Crippen molar-refractivity contribution >= 4 is 35.0 Å². The number of thiazole rings is 1. The first-order chi connectivity index (χ1) is 9.24. The van der Waals surface area contributed by atoms with E-state index in [0.717, 1.165) is 55.3 Å². The van der Waals surface area contributed by atoms with E-state index >= 15 is 0 Å². The summed E-state index contributed by atoms with van der Waals surface area (Å²) in [4.78, 5) is 17.2. The number of carbonyl (C=O) groups excluding carboxylic acids is 1. The lowest BCUT2D eigenvalue weighted by Crippen LogP contribution is -2.44. The van der Waals surface area contributed by atoms with Crippen LogP contribution in [0.1, 0.15) is 47.6 Å². The predicted octanol–water partition coefficient (Wildman–Crippen LogP) is 2.42. The van der Waals surface area contributed by atoms with Crippen LogP contribution in [0.3, 0.4) is 0 Å². The van der Waals surface area contributed by atoms with Crippen LogP contribution in [0.5, 0.6) is 0 Å². The van der Waals surface area contributed by atoms with Gasteiger partial charge in [0.25, 0.3) is 0 Å². The highest BCUT2D eigenvalue weighted by atomic mass is 32.1. The third-order valence-electron chi connectivity index (χ3n) is 3.32. The molecule has 1 N–H and O–H groups in total. The number of carbonyl (C=O) groups is 1. The number of piperidine rings is 1. The van der Waals surface area contributed by atoms with E-state index in [0.29, 0.717) is 11.6 Å². The molecule has 0 saturated carbocycles. The van der Waals surface area contributed by atoms with Crippen LogP contribution in [-0.2, 0) is 0 Å². The van der Waals surface area contributed by atoms with Crippen molar-refractivity contribution in [3.8, 4) is 0 Å². The maximum Gasteiger partial charge on any atom is 0.169 e. The summed E-state index contributed by atoms with van der Waals surface area (Å²) in [6, 6.07) is 0. The third kappa shape index (κ3) is 3.73. The van der Waals surface area contributed by atoms with Crippen molar-refractivity contribution in [2.45, 2.75) is 32.1 Å². The van der Waals surface area contributed by atoms with E-state index in [1.54, 1.807) is 11.3 Å². The Morgan fingerprint density at radius 2 is 2.37 bits per heavy atom. The molecule has 1 saturated heterocycles. The summed E-state index contributed by atoms with van der Waals surface area (Å²) < 4.78 is 0. The quantitative estimate of drug-likeness (QED) is 0.683. The number of rotatable bonds is 4. The van der Waals surface area contributed by atoms with Crippen LogP contribution in [0.25, 0.3) is 0 Å². The second-order valence-corrected chi connectivity index (χ2v) is 6.00. The number of nitrogens with zero attached hydrogens (tertiary/aromatic N) is 2. The van der Waals surface area contributed by atoms with Gasteiger partial charge in [-0.1, -0.05) is 6.92 Å². The highest BCUT2D eigenvalue weighted by Gasteiger charge is 2.24. The molecule has 0 spiro atoms. The van der Waals surface area contributed by atoms with Crippen LogP contribution in [-0.4, -0.2) is 40.9 Å². The fourth-order valence-corrected chi connectivity index (χ4v) is 3.44. The number of nitrogens with one attached hydrogen (secondary N) is 1. The summed E-state index contributed by atoms with van der Waals surface area (Å²) in [6.45, 7) is 5.01. The lowest BCUT2D eigenvalue weighted by Gasteiger charge is -2.33. The standard InChI is InChI=1S/C13H19N3OS2/c1-2-5-14-13(18)16-6-3-10(4-7-16)12-15-11(8-17)9-19-12/h8-10H,2-7H2,1H3,(H,14,18). The summed E-state index contributed by atoms with van der Waals surface area (Å²) in [7, 11) is 0. The minimum Gasteiger partial charge on any atom is -0.363 e. The molecule has 0 radical (unpaired) electrons. The monoisotopic (exact) mass is 297 g/mol. The molecule has 104 valence electrons. The molecule has 1 aromatic heterocycles. The van der Waals surface area contributed by atoms with Crippen molar-refractivity contribution in [3.63, 3.8) is 0 Å². The molecule has 4 nitrogen and oxygen atoms in total. The molecule has 0 aliphatic carbocycles. The molecule has 1 fully saturated rings. The minimum absolute atomic E-state index is 0.476. The van der Waals surface area contributed by atoms with E-state index in [2.05, 4.69) is 22.1 Å². The molecule has 1 aliphatic rings. The van der Waals surface area contributed by atoms with Gasteiger partial charge in [0, 0.05) is 30.9 Å². The Morgan fingerprint density at radius 1 is 1.63 bits per heavy atom. The van der Waals surface area contributed by atoms with Crippen LogP contribution in [0.15, 0.2) is 5.38 Å². The molecule has 1 aromatic rings. The van der Waals surface area contributed by atoms with E-state index < -0.39 is 0 Å². The molecule has 2 rings (SSSR count). The average molecular weight is 297 g/mol. The van der Waals surface area contributed by atoms with E-state index in [1.165, 1.54) is 0 Å². The Labute approximate surface area is 123 Å². The van der Waals surface area contributed by atoms with Crippen LogP contribution < -0.4 is 5.32 Å². The molecule has 0 bridgehead atoms. The first-order valence-corrected chi connectivity index (χ1v) is 7.96. The van der Waals surface area contributed by atoms with Gasteiger partial charge in [-0.05, 0) is 31.5 Å². The van der Waals surface area contributed by atoms with Crippen LogP contribution in [0, 0.1) is 0 Å². The number of thiocarbonyl (C=S) groups is 1. The molecule has 0 amide bonds. The van der Waals surface area contributed by atoms with Crippen molar-refractivity contribution in [1.82, 2.24) is 15.2 Å². The Bertz CT molecular complexity index is 439. The lowest BCUT2D eigenvalue weighted by atomic mass is 9.98. The Balaban J connectivity index is 1.85. The van der Waals surface area contributed by atoms with Gasteiger partial charge < -0.3 is 10.2 Å². The van der Waals surface area contributed by atoms with Crippen molar-refractivity contribution < 1.29 is 4.79 Å². The second kappa shape index (κ2) is 6.96. The van der Waals surface area contributed by atoms with E-state index in [9.17, 15) is 4.79 Å². The smallest absolute Gasteiger partial charge is 0.169 e. The van der Waals surface area contributed by atoms with Crippen molar-refractivity contribution in [1.29, 1.82) is 0 Å². The fourth-order valence-electron chi connectivity index (χ4n) is 2.22. The summed E-state index contributed by atoms with van der Waals surface area (Å²) >= 11 is 6.97. The van der Waals surface area contributed by atoms with E-state index in [-0.39, 0.29) is 0 Å². The van der Waals surface area contributed by atoms with Crippen LogP contribution >= 0.6 is 23.6 Å². The van der Waals surface area contributed by atoms with Gasteiger partial charge in [0.05, 0.1) is 5.01 Å². The summed E-state index contributed by atoms with van der Waals surface area (Å²) in [5, 5.41) is 7.06. The van der Waals surface area contributed by atoms with Crippen LogP contribution in [0.4, 0.5) is 0 Å². The van der Waals surface area contributed by atoms with Crippen molar-refractivity contribution in [3.05, 3.63) is 16.1 Å². The van der Waals surface area contributed by atoms with Crippen molar-refractivity contribution in [2.75, 3.05) is 19.6 Å². The van der Waals surface area contributed by atoms with Gasteiger partial charge in [-0.2, -0.15) is 0 Å². The normalized spacial score (nSPS) is 16.4. The molecule has 1 aliphatic heterocycles. The molecule has 0 atom stereocenters. The Hall–Kier alpha value is -1.01. The highest BCUT2D eigenvalue weighted by Crippen LogP contribution is 2.30. The number of aldehydes is 1. The third-order valence-corrected chi connectivity index (χ3v) is 4.75. The number of hydrogen-bond acceptors (Lipinski definition) is 4. The van der Waals surface area contributed by atoms with Gasteiger partial charge in [-0.3, -0.25) is 4.79 Å². The summed E-state index contributed by atoms with van der Waals surface area (Å²) in [5.74, 6) is 0.476.